The normalized spacial score (nSPS) is 19.8. The van der Waals surface area contributed by atoms with Gasteiger partial charge in [-0.25, -0.2) is 0 Å². The molecule has 1 aromatic rings. The second-order valence-corrected chi connectivity index (χ2v) is 7.97. The summed E-state index contributed by atoms with van der Waals surface area (Å²) >= 11 is 7.86. The fourth-order valence-electron chi connectivity index (χ4n) is 3.41. The van der Waals surface area contributed by atoms with Crippen LogP contribution in [0.1, 0.15) is 23.2 Å². The number of thioether (sulfide) groups is 1. The molecule has 1 aromatic carbocycles. The topological polar surface area (TPSA) is 49.9 Å². The SMILES string of the molecule is COCC(=O)N1CCC2(CC1)SCCN2C(=O)c1cccc(Cl)c1. The molecule has 1 spiro atoms. The number of amides is 2. The molecule has 2 fully saturated rings. The number of halogens is 1. The molecule has 0 aromatic heterocycles. The fourth-order valence-corrected chi connectivity index (χ4v) is 5.05. The van der Waals surface area contributed by atoms with Crippen LogP contribution in [0.4, 0.5) is 0 Å². The number of carbonyl (C=O) groups is 2. The number of nitrogens with zero attached hydrogens (tertiary/aromatic N) is 2. The van der Waals surface area contributed by atoms with E-state index in [4.69, 9.17) is 16.3 Å². The Morgan fingerprint density at radius 3 is 2.71 bits per heavy atom. The highest BCUT2D eigenvalue weighted by atomic mass is 35.5. The number of likely N-dealkylation sites (tertiary alicyclic amines) is 1. The maximum absolute atomic E-state index is 12.9. The number of benzene rings is 1. The molecule has 7 heteroatoms. The molecule has 24 heavy (non-hydrogen) atoms. The minimum absolute atomic E-state index is 0.0167. The van der Waals surface area contributed by atoms with Gasteiger partial charge in [0, 0.05) is 43.1 Å². The maximum Gasteiger partial charge on any atom is 0.255 e. The zero-order valence-electron chi connectivity index (χ0n) is 13.7. The Balaban J connectivity index is 1.72. The van der Waals surface area contributed by atoms with E-state index >= 15 is 0 Å². The summed E-state index contributed by atoms with van der Waals surface area (Å²) in [5.74, 6) is 0.973. The minimum Gasteiger partial charge on any atom is -0.375 e. The first-order valence-electron chi connectivity index (χ1n) is 8.04. The van der Waals surface area contributed by atoms with Gasteiger partial charge in [-0.2, -0.15) is 0 Å². The minimum atomic E-state index is -0.205. The molecule has 2 heterocycles. The first-order chi connectivity index (χ1) is 11.6. The molecule has 0 atom stereocenters. The number of hydrogen-bond acceptors (Lipinski definition) is 4. The largest absolute Gasteiger partial charge is 0.375 e. The lowest BCUT2D eigenvalue weighted by atomic mass is 10.0. The molecule has 5 nitrogen and oxygen atoms in total. The van der Waals surface area contributed by atoms with Crippen molar-refractivity contribution >= 4 is 35.2 Å². The Bertz CT molecular complexity index is 632. The smallest absolute Gasteiger partial charge is 0.255 e. The molecule has 0 radical (unpaired) electrons. The van der Waals surface area contributed by atoms with E-state index in [1.165, 1.54) is 7.11 Å². The lowest BCUT2D eigenvalue weighted by molar-refractivity contribution is -0.136. The Hall–Kier alpha value is -1.24. The van der Waals surface area contributed by atoms with Gasteiger partial charge < -0.3 is 14.5 Å². The molecule has 3 rings (SSSR count). The highest BCUT2D eigenvalue weighted by molar-refractivity contribution is 8.00. The van der Waals surface area contributed by atoms with Crippen molar-refractivity contribution in [3.05, 3.63) is 34.9 Å². The van der Waals surface area contributed by atoms with Crippen LogP contribution in [0.3, 0.4) is 0 Å². The molecule has 0 aliphatic carbocycles. The van der Waals surface area contributed by atoms with Crippen molar-refractivity contribution in [1.29, 1.82) is 0 Å². The summed E-state index contributed by atoms with van der Waals surface area (Å²) in [5, 5.41) is 0.571. The van der Waals surface area contributed by atoms with Gasteiger partial charge in [-0.15, -0.1) is 11.8 Å². The van der Waals surface area contributed by atoms with Gasteiger partial charge in [0.05, 0.1) is 4.87 Å². The van der Waals surface area contributed by atoms with E-state index in [-0.39, 0.29) is 23.3 Å². The zero-order valence-corrected chi connectivity index (χ0v) is 15.2. The summed E-state index contributed by atoms with van der Waals surface area (Å²) in [6, 6.07) is 7.10. The van der Waals surface area contributed by atoms with E-state index < -0.39 is 0 Å². The van der Waals surface area contributed by atoms with Crippen LogP contribution in [0.2, 0.25) is 5.02 Å². The molecule has 0 saturated carbocycles. The van der Waals surface area contributed by atoms with Gasteiger partial charge in [0.1, 0.15) is 6.61 Å². The van der Waals surface area contributed by atoms with Gasteiger partial charge in [-0.1, -0.05) is 17.7 Å². The van der Waals surface area contributed by atoms with Crippen molar-refractivity contribution < 1.29 is 14.3 Å². The summed E-state index contributed by atoms with van der Waals surface area (Å²) in [5.41, 5.74) is 0.627. The van der Waals surface area contributed by atoms with Gasteiger partial charge in [0.25, 0.3) is 5.91 Å². The van der Waals surface area contributed by atoms with Crippen LogP contribution in [0.5, 0.6) is 0 Å². The van der Waals surface area contributed by atoms with Crippen LogP contribution in [0, 0.1) is 0 Å². The molecule has 2 aliphatic heterocycles. The van der Waals surface area contributed by atoms with Crippen molar-refractivity contribution in [1.82, 2.24) is 9.80 Å². The first-order valence-corrected chi connectivity index (χ1v) is 9.40. The number of piperidine rings is 1. The second-order valence-electron chi connectivity index (χ2n) is 6.08. The molecular weight excluding hydrogens is 348 g/mol. The average molecular weight is 369 g/mol. The van der Waals surface area contributed by atoms with Crippen molar-refractivity contribution in [2.75, 3.05) is 39.1 Å². The third-order valence-electron chi connectivity index (χ3n) is 4.66. The van der Waals surface area contributed by atoms with Crippen molar-refractivity contribution in [2.24, 2.45) is 0 Å². The number of hydrogen-bond donors (Lipinski definition) is 0. The highest BCUT2D eigenvalue weighted by Crippen LogP contribution is 2.44. The molecule has 0 bridgehead atoms. The van der Waals surface area contributed by atoms with Gasteiger partial charge in [-0.05, 0) is 31.0 Å². The molecule has 2 amide bonds. The monoisotopic (exact) mass is 368 g/mol. The Morgan fingerprint density at radius 2 is 2.04 bits per heavy atom. The summed E-state index contributed by atoms with van der Waals surface area (Å²) in [4.78, 5) is 28.5. The highest BCUT2D eigenvalue weighted by Gasteiger charge is 2.47. The van der Waals surface area contributed by atoms with Gasteiger partial charge in [0.2, 0.25) is 5.91 Å². The predicted molar refractivity (Wildman–Crippen MR) is 95.4 cm³/mol. The maximum atomic E-state index is 12.9. The van der Waals surface area contributed by atoms with E-state index in [0.717, 1.165) is 25.1 Å². The zero-order chi connectivity index (χ0) is 17.2. The molecular formula is C17H21ClN2O3S. The Morgan fingerprint density at radius 1 is 1.29 bits per heavy atom. The van der Waals surface area contributed by atoms with E-state index in [9.17, 15) is 9.59 Å². The summed E-state index contributed by atoms with van der Waals surface area (Å²) in [6.45, 7) is 2.18. The van der Waals surface area contributed by atoms with Crippen LogP contribution >= 0.6 is 23.4 Å². The molecule has 0 unspecified atom stereocenters. The van der Waals surface area contributed by atoms with Crippen molar-refractivity contribution in [3.63, 3.8) is 0 Å². The number of rotatable bonds is 3. The van der Waals surface area contributed by atoms with Gasteiger partial charge in [0.15, 0.2) is 0 Å². The van der Waals surface area contributed by atoms with Crippen LogP contribution in [0.15, 0.2) is 24.3 Å². The Kier molecular flexibility index (Phi) is 5.37. The third-order valence-corrected chi connectivity index (χ3v) is 6.45. The molecule has 0 N–H and O–H groups in total. The fraction of sp³-hybridized carbons (Fsp3) is 0.529. The van der Waals surface area contributed by atoms with Crippen LogP contribution < -0.4 is 0 Å². The summed E-state index contributed by atoms with van der Waals surface area (Å²) < 4.78 is 4.93. The second kappa shape index (κ2) is 7.33. The van der Waals surface area contributed by atoms with Crippen LogP contribution in [-0.4, -0.2) is 65.6 Å². The van der Waals surface area contributed by atoms with Gasteiger partial charge >= 0.3 is 0 Å². The summed E-state index contributed by atoms with van der Waals surface area (Å²) in [7, 11) is 1.53. The first kappa shape index (κ1) is 17.6. The van der Waals surface area contributed by atoms with Crippen LogP contribution in [0.25, 0.3) is 0 Å². The van der Waals surface area contributed by atoms with Gasteiger partial charge in [-0.3, -0.25) is 9.59 Å². The van der Waals surface area contributed by atoms with Crippen molar-refractivity contribution in [3.8, 4) is 0 Å². The predicted octanol–water partition coefficient (Wildman–Crippen LogP) is 2.49. The Labute approximate surface area is 151 Å². The molecule has 2 aliphatic rings. The quantitative estimate of drug-likeness (QED) is 0.822. The van der Waals surface area contributed by atoms with E-state index in [2.05, 4.69) is 0 Å². The number of ether oxygens (including phenoxy) is 1. The molecule has 130 valence electrons. The lowest BCUT2D eigenvalue weighted by Crippen LogP contribution is -2.54. The third kappa shape index (κ3) is 3.41. The van der Waals surface area contributed by atoms with Crippen molar-refractivity contribution in [2.45, 2.75) is 17.7 Å². The van der Waals surface area contributed by atoms with E-state index in [1.807, 2.05) is 27.6 Å². The van der Waals surface area contributed by atoms with E-state index in [0.29, 0.717) is 23.7 Å². The van der Waals surface area contributed by atoms with E-state index in [1.54, 1.807) is 18.2 Å². The number of methoxy groups -OCH3 is 1. The standard InChI is InChI=1S/C17H21ClN2O3S/c1-23-12-15(21)19-7-5-17(6-8-19)20(9-10-24-17)16(22)13-3-2-4-14(18)11-13/h2-4,11H,5-10,12H2,1H3. The summed E-state index contributed by atoms with van der Waals surface area (Å²) in [6.07, 6.45) is 1.58. The lowest BCUT2D eigenvalue weighted by Gasteiger charge is -2.44. The average Bonchev–Trinajstić information content (AvgIpc) is 2.98. The number of carbonyl (C=O) groups excluding carboxylic acids is 2. The molecule has 2 saturated heterocycles. The van der Waals surface area contributed by atoms with Crippen LogP contribution in [-0.2, 0) is 9.53 Å².